The van der Waals surface area contributed by atoms with Gasteiger partial charge in [-0.2, -0.15) is 0 Å². The minimum Gasteiger partial charge on any atom is -0.314 e. The van der Waals surface area contributed by atoms with Gasteiger partial charge in [-0.25, -0.2) is 0 Å². The second kappa shape index (κ2) is 5.31. The summed E-state index contributed by atoms with van der Waals surface area (Å²) in [4.78, 5) is 2.75. The third-order valence-electron chi connectivity index (χ3n) is 4.42. The van der Waals surface area contributed by atoms with Crippen LogP contribution in [0.25, 0.3) is 0 Å². The van der Waals surface area contributed by atoms with Crippen molar-refractivity contribution in [2.45, 2.75) is 58.0 Å². The predicted octanol–water partition coefficient (Wildman–Crippen LogP) is 2.25. The average molecular weight is 210 g/mol. The summed E-state index contributed by atoms with van der Waals surface area (Å²) >= 11 is 0. The van der Waals surface area contributed by atoms with Crippen molar-refractivity contribution < 1.29 is 0 Å². The van der Waals surface area contributed by atoms with Crippen molar-refractivity contribution in [2.75, 3.05) is 19.6 Å². The van der Waals surface area contributed by atoms with Gasteiger partial charge in [0, 0.05) is 31.7 Å². The van der Waals surface area contributed by atoms with Crippen LogP contribution in [0.5, 0.6) is 0 Å². The van der Waals surface area contributed by atoms with Crippen LogP contribution in [0.1, 0.15) is 46.0 Å². The van der Waals surface area contributed by atoms with Gasteiger partial charge in [0.15, 0.2) is 0 Å². The molecular formula is C13H26N2. The van der Waals surface area contributed by atoms with Crippen molar-refractivity contribution in [3.8, 4) is 0 Å². The van der Waals surface area contributed by atoms with E-state index in [1.165, 1.54) is 51.7 Å². The summed E-state index contributed by atoms with van der Waals surface area (Å²) in [5, 5.41) is 3.48. The molecule has 2 nitrogen and oxygen atoms in total. The molecule has 1 heterocycles. The van der Waals surface area contributed by atoms with Gasteiger partial charge >= 0.3 is 0 Å². The molecule has 0 radical (unpaired) electrons. The Kier molecular flexibility index (Phi) is 4.04. The molecule has 0 aromatic rings. The summed E-state index contributed by atoms with van der Waals surface area (Å²) in [5.74, 6) is 1.03. The summed E-state index contributed by atoms with van der Waals surface area (Å²) < 4.78 is 0. The van der Waals surface area contributed by atoms with Gasteiger partial charge in [-0.15, -0.1) is 0 Å². The highest BCUT2D eigenvalue weighted by molar-refractivity contribution is 4.85. The number of nitrogens with zero attached hydrogens (tertiary/aromatic N) is 1. The Balaban J connectivity index is 1.83. The van der Waals surface area contributed by atoms with Crippen molar-refractivity contribution in [1.82, 2.24) is 10.2 Å². The largest absolute Gasteiger partial charge is 0.314 e. The Hall–Kier alpha value is -0.0800. The molecule has 15 heavy (non-hydrogen) atoms. The summed E-state index contributed by atoms with van der Waals surface area (Å²) in [5.41, 5.74) is 0. The van der Waals surface area contributed by atoms with E-state index in [1.807, 2.05) is 0 Å². The fourth-order valence-electron chi connectivity index (χ4n) is 3.28. The molecular weight excluding hydrogens is 184 g/mol. The van der Waals surface area contributed by atoms with E-state index in [0.29, 0.717) is 0 Å². The Bertz CT molecular complexity index is 185. The highest BCUT2D eigenvalue weighted by Crippen LogP contribution is 2.30. The van der Waals surface area contributed by atoms with Crippen molar-refractivity contribution in [1.29, 1.82) is 0 Å². The lowest BCUT2D eigenvalue weighted by Gasteiger charge is -2.42. The molecule has 1 N–H and O–H groups in total. The van der Waals surface area contributed by atoms with E-state index in [-0.39, 0.29) is 0 Å². The van der Waals surface area contributed by atoms with Crippen molar-refractivity contribution in [3.63, 3.8) is 0 Å². The first-order valence-electron chi connectivity index (χ1n) is 6.77. The van der Waals surface area contributed by atoms with E-state index < -0.39 is 0 Å². The van der Waals surface area contributed by atoms with Gasteiger partial charge in [-0.1, -0.05) is 13.3 Å². The number of hydrogen-bond acceptors (Lipinski definition) is 2. The van der Waals surface area contributed by atoms with Crippen LogP contribution in [0.15, 0.2) is 0 Å². The molecule has 2 rings (SSSR count). The third kappa shape index (κ3) is 2.73. The Morgan fingerprint density at radius 2 is 1.93 bits per heavy atom. The molecule has 0 unspecified atom stereocenters. The first kappa shape index (κ1) is 11.4. The monoisotopic (exact) mass is 210 g/mol. The van der Waals surface area contributed by atoms with Crippen LogP contribution >= 0.6 is 0 Å². The zero-order valence-electron chi connectivity index (χ0n) is 10.3. The lowest BCUT2D eigenvalue weighted by Crippen LogP contribution is -2.54. The van der Waals surface area contributed by atoms with E-state index in [0.717, 1.165) is 18.0 Å². The Morgan fingerprint density at radius 3 is 2.53 bits per heavy atom. The second-order valence-corrected chi connectivity index (χ2v) is 5.37. The Labute approximate surface area is 94.4 Å². The van der Waals surface area contributed by atoms with E-state index in [2.05, 4.69) is 24.1 Å². The summed E-state index contributed by atoms with van der Waals surface area (Å²) in [6, 6.07) is 1.65. The topological polar surface area (TPSA) is 15.3 Å². The van der Waals surface area contributed by atoms with Crippen LogP contribution in [0, 0.1) is 5.92 Å². The van der Waals surface area contributed by atoms with E-state index in [4.69, 9.17) is 0 Å². The normalized spacial score (nSPS) is 39.2. The molecule has 1 aliphatic carbocycles. The maximum Gasteiger partial charge on any atom is 0.0195 e. The zero-order chi connectivity index (χ0) is 10.7. The van der Waals surface area contributed by atoms with Gasteiger partial charge in [0.05, 0.1) is 0 Å². The van der Waals surface area contributed by atoms with Crippen LogP contribution in [0.4, 0.5) is 0 Å². The molecule has 1 aliphatic heterocycles. The molecule has 2 aliphatic rings. The molecule has 0 amide bonds. The molecule has 88 valence electrons. The average Bonchev–Trinajstić information content (AvgIpc) is 2.30. The van der Waals surface area contributed by atoms with Gasteiger partial charge < -0.3 is 5.32 Å². The predicted molar refractivity (Wildman–Crippen MR) is 65.1 cm³/mol. The number of nitrogens with one attached hydrogen (secondary N) is 1. The van der Waals surface area contributed by atoms with Crippen LogP contribution < -0.4 is 5.32 Å². The lowest BCUT2D eigenvalue weighted by atomic mass is 9.83. The van der Waals surface area contributed by atoms with Crippen molar-refractivity contribution in [3.05, 3.63) is 0 Å². The molecule has 1 atom stereocenters. The van der Waals surface area contributed by atoms with Crippen LogP contribution in [0.3, 0.4) is 0 Å². The molecule has 0 aromatic heterocycles. The van der Waals surface area contributed by atoms with Crippen LogP contribution in [0.2, 0.25) is 0 Å². The molecule has 0 bridgehead atoms. The number of rotatable bonds is 2. The van der Waals surface area contributed by atoms with Gasteiger partial charge in [0.25, 0.3) is 0 Å². The van der Waals surface area contributed by atoms with Crippen molar-refractivity contribution >= 4 is 0 Å². The number of hydrogen-bond donors (Lipinski definition) is 1. The van der Waals surface area contributed by atoms with Crippen LogP contribution in [-0.2, 0) is 0 Å². The molecule has 1 saturated carbocycles. The molecule has 1 saturated heterocycles. The Morgan fingerprint density at radius 1 is 1.20 bits per heavy atom. The fraction of sp³-hybridized carbons (Fsp3) is 1.00. The lowest BCUT2D eigenvalue weighted by molar-refractivity contribution is 0.0792. The van der Waals surface area contributed by atoms with Gasteiger partial charge in [-0.3, -0.25) is 4.90 Å². The quantitative estimate of drug-likeness (QED) is 0.752. The minimum atomic E-state index is 0.752. The molecule has 2 heteroatoms. The molecule has 0 spiro atoms. The standard InChI is InChI=1S/C13H26N2/c1-3-12-4-6-13(7-5-12)15-9-8-14-10-11(15)2/h11-14H,3-10H2,1-2H3/t11-,12?,13?/m1/s1. The highest BCUT2D eigenvalue weighted by Gasteiger charge is 2.29. The van der Waals surface area contributed by atoms with Gasteiger partial charge in [0.2, 0.25) is 0 Å². The molecule has 0 aromatic carbocycles. The second-order valence-electron chi connectivity index (χ2n) is 5.37. The summed E-state index contributed by atoms with van der Waals surface area (Å²) in [6.07, 6.45) is 7.23. The third-order valence-corrected chi connectivity index (χ3v) is 4.42. The first-order chi connectivity index (χ1) is 7.31. The smallest absolute Gasteiger partial charge is 0.0195 e. The van der Waals surface area contributed by atoms with Gasteiger partial charge in [0.1, 0.15) is 0 Å². The maximum atomic E-state index is 3.48. The molecule has 2 fully saturated rings. The SMILES string of the molecule is CCC1CCC(N2CCNC[C@H]2C)CC1. The summed E-state index contributed by atoms with van der Waals surface area (Å²) in [6.45, 7) is 8.37. The van der Waals surface area contributed by atoms with Crippen LogP contribution in [-0.4, -0.2) is 36.6 Å². The first-order valence-corrected chi connectivity index (χ1v) is 6.77. The summed E-state index contributed by atoms with van der Waals surface area (Å²) in [7, 11) is 0. The zero-order valence-corrected chi connectivity index (χ0v) is 10.3. The van der Waals surface area contributed by atoms with Gasteiger partial charge in [-0.05, 0) is 38.5 Å². The highest BCUT2D eigenvalue weighted by atomic mass is 15.2. The van der Waals surface area contributed by atoms with E-state index >= 15 is 0 Å². The van der Waals surface area contributed by atoms with Crippen molar-refractivity contribution in [2.24, 2.45) is 5.92 Å². The number of piperazine rings is 1. The minimum absolute atomic E-state index is 0.752. The van der Waals surface area contributed by atoms with E-state index in [1.54, 1.807) is 0 Å². The maximum absolute atomic E-state index is 3.48. The fourth-order valence-corrected chi connectivity index (χ4v) is 3.28. The van der Waals surface area contributed by atoms with E-state index in [9.17, 15) is 0 Å².